The number of non-ortho nitro benzene ring substituents is 1. The molecule has 0 bridgehead atoms. The summed E-state index contributed by atoms with van der Waals surface area (Å²) in [5.41, 5.74) is 1.99. The normalized spacial score (nSPS) is 11.0. The summed E-state index contributed by atoms with van der Waals surface area (Å²) in [6, 6.07) is 12.1. The maximum Gasteiger partial charge on any atom is 0.269 e. The fourth-order valence-corrected chi connectivity index (χ4v) is 2.41. The van der Waals surface area contributed by atoms with Crippen molar-refractivity contribution in [2.45, 2.75) is 20.0 Å². The molecule has 0 spiro atoms. The van der Waals surface area contributed by atoms with Gasteiger partial charge in [0.1, 0.15) is 0 Å². The van der Waals surface area contributed by atoms with Crippen molar-refractivity contribution >= 4 is 11.6 Å². The van der Waals surface area contributed by atoms with E-state index in [0.717, 1.165) is 17.7 Å². The molecule has 0 heterocycles. The number of benzene rings is 2. The Hall–Kier alpha value is -3.29. The van der Waals surface area contributed by atoms with Gasteiger partial charge in [0.05, 0.1) is 25.7 Å². The van der Waals surface area contributed by atoms with Crippen LogP contribution in [0.1, 0.15) is 18.1 Å². The van der Waals surface area contributed by atoms with Crippen LogP contribution in [0, 0.1) is 10.1 Å². The van der Waals surface area contributed by atoms with Gasteiger partial charge in [-0.25, -0.2) is 4.99 Å². The van der Waals surface area contributed by atoms with Gasteiger partial charge < -0.3 is 20.1 Å². The SMILES string of the molecule is CCNC(=NCc1ccc(OC)c(OC)c1)NCc1ccc([N+](=O)[O-])cc1. The molecular formula is C19H24N4O4. The fourth-order valence-electron chi connectivity index (χ4n) is 2.41. The Bertz CT molecular complexity index is 791. The molecule has 8 nitrogen and oxygen atoms in total. The summed E-state index contributed by atoms with van der Waals surface area (Å²) in [4.78, 5) is 14.9. The molecule has 0 aliphatic heterocycles. The van der Waals surface area contributed by atoms with Crippen molar-refractivity contribution in [1.29, 1.82) is 0 Å². The van der Waals surface area contributed by atoms with E-state index in [-0.39, 0.29) is 5.69 Å². The molecule has 2 rings (SSSR count). The topological polar surface area (TPSA) is 98.0 Å². The standard InChI is InChI=1S/C19H24N4O4/c1-4-20-19(21-12-14-5-8-16(9-6-14)23(24)25)22-13-15-7-10-17(26-2)18(11-15)27-3/h5-11H,4,12-13H2,1-3H3,(H2,20,21,22). The number of nitrogens with one attached hydrogen (secondary N) is 2. The van der Waals surface area contributed by atoms with E-state index >= 15 is 0 Å². The Morgan fingerprint density at radius 3 is 2.30 bits per heavy atom. The quantitative estimate of drug-likeness (QED) is 0.320. The summed E-state index contributed by atoms with van der Waals surface area (Å²) in [7, 11) is 3.20. The lowest BCUT2D eigenvalue weighted by Gasteiger charge is -2.12. The number of rotatable bonds is 8. The second kappa shape index (κ2) is 10.0. The molecule has 8 heteroatoms. The summed E-state index contributed by atoms with van der Waals surface area (Å²) in [6.45, 7) is 3.68. The fraction of sp³-hybridized carbons (Fsp3) is 0.316. The van der Waals surface area contributed by atoms with Crippen LogP contribution in [-0.4, -0.2) is 31.6 Å². The average molecular weight is 372 g/mol. The zero-order valence-electron chi connectivity index (χ0n) is 15.7. The molecule has 0 saturated heterocycles. The summed E-state index contributed by atoms with van der Waals surface area (Å²) < 4.78 is 10.5. The third-order valence-corrected chi connectivity index (χ3v) is 3.82. The Balaban J connectivity index is 2.02. The van der Waals surface area contributed by atoms with Gasteiger partial charge in [-0.1, -0.05) is 18.2 Å². The van der Waals surface area contributed by atoms with Crippen molar-refractivity contribution in [2.75, 3.05) is 20.8 Å². The van der Waals surface area contributed by atoms with E-state index in [1.807, 2.05) is 25.1 Å². The van der Waals surface area contributed by atoms with E-state index in [2.05, 4.69) is 15.6 Å². The van der Waals surface area contributed by atoms with E-state index in [9.17, 15) is 10.1 Å². The number of nitro groups is 1. The van der Waals surface area contributed by atoms with Gasteiger partial charge in [-0.15, -0.1) is 0 Å². The van der Waals surface area contributed by atoms with Gasteiger partial charge in [0.15, 0.2) is 17.5 Å². The van der Waals surface area contributed by atoms with Gasteiger partial charge in [-0.05, 0) is 30.2 Å². The van der Waals surface area contributed by atoms with Crippen LogP contribution >= 0.6 is 0 Å². The summed E-state index contributed by atoms with van der Waals surface area (Å²) in [6.07, 6.45) is 0. The minimum absolute atomic E-state index is 0.0766. The molecule has 0 aromatic heterocycles. The first-order chi connectivity index (χ1) is 13.1. The van der Waals surface area contributed by atoms with Crippen LogP contribution in [0.25, 0.3) is 0 Å². The molecule has 0 atom stereocenters. The minimum Gasteiger partial charge on any atom is -0.493 e. The second-order valence-electron chi connectivity index (χ2n) is 5.66. The van der Waals surface area contributed by atoms with Crippen LogP contribution < -0.4 is 20.1 Å². The number of ether oxygens (including phenoxy) is 2. The minimum atomic E-state index is -0.411. The van der Waals surface area contributed by atoms with E-state index in [4.69, 9.17) is 9.47 Å². The number of hydrogen-bond donors (Lipinski definition) is 2. The predicted molar refractivity (Wildman–Crippen MR) is 104 cm³/mol. The lowest BCUT2D eigenvalue weighted by Crippen LogP contribution is -2.36. The molecule has 2 N–H and O–H groups in total. The maximum absolute atomic E-state index is 10.7. The first-order valence-corrected chi connectivity index (χ1v) is 8.53. The van der Waals surface area contributed by atoms with Gasteiger partial charge in [-0.2, -0.15) is 0 Å². The molecule has 2 aromatic rings. The zero-order valence-corrected chi connectivity index (χ0v) is 15.7. The molecule has 0 aliphatic carbocycles. The van der Waals surface area contributed by atoms with Gasteiger partial charge in [0.2, 0.25) is 0 Å². The molecule has 144 valence electrons. The molecule has 27 heavy (non-hydrogen) atoms. The molecule has 0 unspecified atom stereocenters. The third-order valence-electron chi connectivity index (χ3n) is 3.82. The van der Waals surface area contributed by atoms with Crippen LogP contribution in [0.15, 0.2) is 47.5 Å². The van der Waals surface area contributed by atoms with Crippen molar-refractivity contribution in [3.05, 3.63) is 63.7 Å². The highest BCUT2D eigenvalue weighted by Gasteiger charge is 2.06. The molecule has 0 amide bonds. The van der Waals surface area contributed by atoms with E-state index < -0.39 is 4.92 Å². The number of guanidine groups is 1. The molecule has 0 radical (unpaired) electrons. The number of hydrogen-bond acceptors (Lipinski definition) is 5. The third kappa shape index (κ3) is 5.88. The van der Waals surface area contributed by atoms with Crippen LogP contribution in [-0.2, 0) is 13.1 Å². The highest BCUT2D eigenvalue weighted by molar-refractivity contribution is 5.79. The maximum atomic E-state index is 10.7. The van der Waals surface area contributed by atoms with Gasteiger partial charge >= 0.3 is 0 Å². The van der Waals surface area contributed by atoms with Crippen molar-refractivity contribution in [3.63, 3.8) is 0 Å². The zero-order chi connectivity index (χ0) is 19.6. The Labute approximate surface area is 158 Å². The molecule has 2 aromatic carbocycles. The Morgan fingerprint density at radius 2 is 1.70 bits per heavy atom. The van der Waals surface area contributed by atoms with Gasteiger partial charge in [0.25, 0.3) is 5.69 Å². The highest BCUT2D eigenvalue weighted by atomic mass is 16.6. The Morgan fingerprint density at radius 1 is 1.04 bits per heavy atom. The Kier molecular flexibility index (Phi) is 7.42. The molecule has 0 saturated carbocycles. The largest absolute Gasteiger partial charge is 0.493 e. The average Bonchev–Trinajstić information content (AvgIpc) is 2.70. The van der Waals surface area contributed by atoms with Crippen molar-refractivity contribution in [3.8, 4) is 11.5 Å². The monoisotopic (exact) mass is 372 g/mol. The van der Waals surface area contributed by atoms with E-state index in [1.165, 1.54) is 12.1 Å². The summed E-state index contributed by atoms with van der Waals surface area (Å²) in [5.74, 6) is 1.99. The van der Waals surface area contributed by atoms with Crippen LogP contribution in [0.5, 0.6) is 11.5 Å². The summed E-state index contributed by atoms with van der Waals surface area (Å²) in [5, 5.41) is 17.1. The van der Waals surface area contributed by atoms with Crippen molar-refractivity contribution in [1.82, 2.24) is 10.6 Å². The van der Waals surface area contributed by atoms with Crippen LogP contribution in [0.4, 0.5) is 5.69 Å². The number of methoxy groups -OCH3 is 2. The number of aliphatic imine (C=N–C) groups is 1. The summed E-state index contributed by atoms with van der Waals surface area (Å²) >= 11 is 0. The smallest absolute Gasteiger partial charge is 0.269 e. The first-order valence-electron chi connectivity index (χ1n) is 8.53. The van der Waals surface area contributed by atoms with Crippen molar-refractivity contribution in [2.24, 2.45) is 4.99 Å². The lowest BCUT2D eigenvalue weighted by molar-refractivity contribution is -0.384. The second-order valence-corrected chi connectivity index (χ2v) is 5.66. The number of nitrogens with zero attached hydrogens (tertiary/aromatic N) is 2. The lowest BCUT2D eigenvalue weighted by atomic mass is 10.2. The highest BCUT2D eigenvalue weighted by Crippen LogP contribution is 2.27. The predicted octanol–water partition coefficient (Wildman–Crippen LogP) is 2.87. The van der Waals surface area contributed by atoms with Crippen molar-refractivity contribution < 1.29 is 14.4 Å². The molecular weight excluding hydrogens is 348 g/mol. The van der Waals surface area contributed by atoms with E-state index in [0.29, 0.717) is 30.5 Å². The molecule has 0 fully saturated rings. The van der Waals surface area contributed by atoms with Gasteiger partial charge in [0, 0.05) is 25.2 Å². The van der Waals surface area contributed by atoms with Crippen LogP contribution in [0.3, 0.4) is 0 Å². The first kappa shape index (κ1) is 20.0. The van der Waals surface area contributed by atoms with Gasteiger partial charge in [-0.3, -0.25) is 10.1 Å². The molecule has 0 aliphatic rings. The van der Waals surface area contributed by atoms with Crippen LogP contribution in [0.2, 0.25) is 0 Å². The number of nitro benzene ring substituents is 1. The van der Waals surface area contributed by atoms with E-state index in [1.54, 1.807) is 26.4 Å².